The first-order valence-electron chi connectivity index (χ1n) is 6.01. The van der Waals surface area contributed by atoms with Crippen molar-refractivity contribution in [2.75, 3.05) is 11.1 Å². The number of anilines is 2. The van der Waals surface area contributed by atoms with Crippen molar-refractivity contribution in [3.05, 3.63) is 57.3 Å². The fourth-order valence-electron chi connectivity index (χ4n) is 1.94. The van der Waals surface area contributed by atoms with Gasteiger partial charge in [-0.15, -0.1) is 0 Å². The quantitative estimate of drug-likeness (QED) is 0.813. The van der Waals surface area contributed by atoms with Crippen molar-refractivity contribution in [1.29, 1.82) is 0 Å². The predicted molar refractivity (Wildman–Crippen MR) is 82.4 cm³/mol. The Morgan fingerprint density at radius 1 is 1.20 bits per heavy atom. The lowest BCUT2D eigenvalue weighted by molar-refractivity contribution is 0.102. The molecule has 1 amide bonds. The van der Waals surface area contributed by atoms with Crippen molar-refractivity contribution in [2.24, 2.45) is 0 Å². The minimum Gasteiger partial charge on any atom is -0.398 e. The summed E-state index contributed by atoms with van der Waals surface area (Å²) in [5.41, 5.74) is 8.73. The first-order valence-corrected chi connectivity index (χ1v) is 6.81. The van der Waals surface area contributed by atoms with Crippen LogP contribution in [0.1, 0.15) is 21.5 Å². The summed E-state index contributed by atoms with van der Waals surface area (Å²) in [7, 11) is 0. The van der Waals surface area contributed by atoms with Gasteiger partial charge in [0.2, 0.25) is 0 Å². The Hall–Kier alpha value is -1.88. The maximum Gasteiger partial charge on any atom is 0.257 e. The average Bonchev–Trinajstić information content (AvgIpc) is 2.38. The van der Waals surface area contributed by atoms with E-state index < -0.39 is 11.7 Å². The summed E-state index contributed by atoms with van der Waals surface area (Å²) in [6.45, 7) is 3.87. The third kappa shape index (κ3) is 2.99. The molecule has 0 heterocycles. The van der Waals surface area contributed by atoms with Gasteiger partial charge >= 0.3 is 0 Å². The number of carbonyl (C=O) groups is 1. The summed E-state index contributed by atoms with van der Waals surface area (Å²) in [4.78, 5) is 12.1. The standard InChI is InChI=1S/C15H14BrFN2O/c1-8-5-11(6-9(2)14(8)16)19-15(20)12-7-10(17)3-4-13(12)18/h3-7H,18H2,1-2H3,(H,19,20). The normalized spacial score (nSPS) is 10.4. The summed E-state index contributed by atoms with van der Waals surface area (Å²) in [5.74, 6) is -0.921. The molecule has 0 aliphatic rings. The van der Waals surface area contributed by atoms with Crippen molar-refractivity contribution < 1.29 is 9.18 Å². The number of nitrogens with two attached hydrogens (primary N) is 1. The van der Waals surface area contributed by atoms with Gasteiger partial charge in [0.05, 0.1) is 5.56 Å². The van der Waals surface area contributed by atoms with E-state index in [9.17, 15) is 9.18 Å². The van der Waals surface area contributed by atoms with Crippen LogP contribution in [0, 0.1) is 19.7 Å². The molecule has 0 saturated heterocycles. The maximum absolute atomic E-state index is 13.2. The van der Waals surface area contributed by atoms with Crippen LogP contribution in [0.15, 0.2) is 34.8 Å². The molecule has 2 rings (SSSR count). The number of aryl methyl sites for hydroxylation is 2. The van der Waals surface area contributed by atoms with E-state index in [1.165, 1.54) is 12.1 Å². The van der Waals surface area contributed by atoms with Crippen LogP contribution in [0.3, 0.4) is 0 Å². The number of benzene rings is 2. The SMILES string of the molecule is Cc1cc(NC(=O)c2cc(F)ccc2N)cc(C)c1Br. The highest BCUT2D eigenvalue weighted by Crippen LogP contribution is 2.25. The Labute approximate surface area is 125 Å². The van der Waals surface area contributed by atoms with E-state index in [1.807, 2.05) is 26.0 Å². The van der Waals surface area contributed by atoms with E-state index in [0.29, 0.717) is 5.69 Å². The number of hydrogen-bond acceptors (Lipinski definition) is 2. The molecular weight excluding hydrogens is 323 g/mol. The molecule has 0 aromatic heterocycles. The van der Waals surface area contributed by atoms with Gasteiger partial charge in [-0.05, 0) is 55.3 Å². The number of amides is 1. The molecule has 0 atom stereocenters. The molecule has 20 heavy (non-hydrogen) atoms. The highest BCUT2D eigenvalue weighted by molar-refractivity contribution is 9.10. The Balaban J connectivity index is 2.30. The van der Waals surface area contributed by atoms with E-state index in [1.54, 1.807) is 0 Å². The number of nitrogen functional groups attached to an aromatic ring is 1. The van der Waals surface area contributed by atoms with Gasteiger partial charge in [-0.25, -0.2) is 4.39 Å². The lowest BCUT2D eigenvalue weighted by atomic mass is 10.1. The number of halogens is 2. The van der Waals surface area contributed by atoms with Crippen LogP contribution in [0.5, 0.6) is 0 Å². The van der Waals surface area contributed by atoms with Gasteiger partial charge in [-0.1, -0.05) is 15.9 Å². The van der Waals surface area contributed by atoms with E-state index >= 15 is 0 Å². The zero-order valence-electron chi connectivity index (χ0n) is 11.1. The average molecular weight is 337 g/mol. The van der Waals surface area contributed by atoms with Crippen LogP contribution in [0.2, 0.25) is 0 Å². The van der Waals surface area contributed by atoms with Crippen LogP contribution in [0.4, 0.5) is 15.8 Å². The highest BCUT2D eigenvalue weighted by atomic mass is 79.9. The fraction of sp³-hybridized carbons (Fsp3) is 0.133. The molecule has 2 aromatic rings. The number of rotatable bonds is 2. The highest BCUT2D eigenvalue weighted by Gasteiger charge is 2.12. The molecule has 0 bridgehead atoms. The molecule has 0 aliphatic carbocycles. The Bertz CT molecular complexity index is 663. The van der Waals surface area contributed by atoms with Gasteiger partial charge in [0.15, 0.2) is 0 Å². The minimum atomic E-state index is -0.493. The Kier molecular flexibility index (Phi) is 4.09. The van der Waals surface area contributed by atoms with E-state index in [0.717, 1.165) is 21.7 Å². The molecule has 3 nitrogen and oxygen atoms in total. The van der Waals surface area contributed by atoms with Crippen molar-refractivity contribution >= 4 is 33.2 Å². The second-order valence-corrected chi connectivity index (χ2v) is 5.40. The van der Waals surface area contributed by atoms with Gasteiger partial charge < -0.3 is 11.1 Å². The van der Waals surface area contributed by atoms with E-state index in [-0.39, 0.29) is 11.3 Å². The van der Waals surface area contributed by atoms with Crippen molar-refractivity contribution in [2.45, 2.75) is 13.8 Å². The molecule has 3 N–H and O–H groups in total. The minimum absolute atomic E-state index is 0.128. The van der Waals surface area contributed by atoms with Crippen molar-refractivity contribution in [3.63, 3.8) is 0 Å². The summed E-state index contributed by atoms with van der Waals surface area (Å²) in [5, 5.41) is 2.73. The molecule has 0 radical (unpaired) electrons. The largest absolute Gasteiger partial charge is 0.398 e. The van der Waals surface area contributed by atoms with Gasteiger partial charge in [0.1, 0.15) is 5.82 Å². The predicted octanol–water partition coefficient (Wildman–Crippen LogP) is 4.04. The number of carbonyl (C=O) groups excluding carboxylic acids is 1. The first kappa shape index (κ1) is 14.5. The Morgan fingerprint density at radius 2 is 1.80 bits per heavy atom. The summed E-state index contributed by atoms with van der Waals surface area (Å²) < 4.78 is 14.2. The topological polar surface area (TPSA) is 55.1 Å². The zero-order chi connectivity index (χ0) is 14.9. The third-order valence-electron chi connectivity index (χ3n) is 2.95. The fourth-order valence-corrected chi connectivity index (χ4v) is 2.17. The van der Waals surface area contributed by atoms with Gasteiger partial charge in [0, 0.05) is 15.8 Å². The van der Waals surface area contributed by atoms with Crippen molar-refractivity contribution in [1.82, 2.24) is 0 Å². The molecular formula is C15H14BrFN2O. The van der Waals surface area contributed by atoms with Crippen LogP contribution in [-0.2, 0) is 0 Å². The monoisotopic (exact) mass is 336 g/mol. The molecule has 104 valence electrons. The summed E-state index contributed by atoms with van der Waals surface area (Å²) >= 11 is 3.46. The number of nitrogens with one attached hydrogen (secondary N) is 1. The van der Waals surface area contributed by atoms with Crippen molar-refractivity contribution in [3.8, 4) is 0 Å². The summed E-state index contributed by atoms with van der Waals surface area (Å²) in [6.07, 6.45) is 0. The lowest BCUT2D eigenvalue weighted by Gasteiger charge is -2.11. The smallest absolute Gasteiger partial charge is 0.257 e. The molecule has 2 aromatic carbocycles. The molecule has 0 saturated carbocycles. The first-order chi connectivity index (χ1) is 9.38. The number of hydrogen-bond donors (Lipinski definition) is 2. The molecule has 0 unspecified atom stereocenters. The van der Waals surface area contributed by atoms with Gasteiger partial charge in [-0.2, -0.15) is 0 Å². The molecule has 0 spiro atoms. The third-order valence-corrected chi connectivity index (χ3v) is 4.21. The van der Waals surface area contributed by atoms with Crippen LogP contribution in [0.25, 0.3) is 0 Å². The lowest BCUT2D eigenvalue weighted by Crippen LogP contribution is -2.14. The van der Waals surface area contributed by atoms with E-state index in [2.05, 4.69) is 21.2 Å². The molecule has 5 heteroatoms. The molecule has 0 fully saturated rings. The second kappa shape index (κ2) is 5.63. The van der Waals surface area contributed by atoms with Crippen LogP contribution < -0.4 is 11.1 Å². The van der Waals surface area contributed by atoms with Crippen LogP contribution >= 0.6 is 15.9 Å². The second-order valence-electron chi connectivity index (χ2n) is 4.61. The Morgan fingerprint density at radius 3 is 2.40 bits per heavy atom. The zero-order valence-corrected chi connectivity index (χ0v) is 12.7. The van der Waals surface area contributed by atoms with Gasteiger partial charge in [0.25, 0.3) is 5.91 Å². The van der Waals surface area contributed by atoms with Gasteiger partial charge in [-0.3, -0.25) is 4.79 Å². The summed E-state index contributed by atoms with van der Waals surface area (Å²) in [6, 6.07) is 7.40. The van der Waals surface area contributed by atoms with E-state index in [4.69, 9.17) is 5.73 Å². The maximum atomic E-state index is 13.2. The van der Waals surface area contributed by atoms with Crippen LogP contribution in [-0.4, -0.2) is 5.91 Å². The molecule has 0 aliphatic heterocycles.